The van der Waals surface area contributed by atoms with Gasteiger partial charge in [0.05, 0.1) is 10.6 Å². The van der Waals surface area contributed by atoms with Crippen molar-refractivity contribution in [2.75, 3.05) is 11.9 Å². The number of rotatable bonds is 6. The number of hydrogen-bond acceptors (Lipinski definition) is 3. The van der Waals surface area contributed by atoms with Gasteiger partial charge in [-0.15, -0.1) is 0 Å². The summed E-state index contributed by atoms with van der Waals surface area (Å²) in [6, 6.07) is 8.65. The minimum atomic E-state index is -1.23. The Labute approximate surface area is 155 Å². The molecule has 2 aromatic carbocycles. The molecule has 0 saturated carbocycles. The quantitative estimate of drug-likeness (QED) is 0.570. The summed E-state index contributed by atoms with van der Waals surface area (Å²) in [5.41, 5.74) is 1.26. The largest absolute Gasteiger partial charge is 0.452 e. The van der Waals surface area contributed by atoms with Gasteiger partial charge in [0.25, 0.3) is 5.91 Å². The zero-order valence-corrected chi connectivity index (χ0v) is 15.1. The number of anilines is 1. The molecule has 0 heterocycles. The zero-order chi connectivity index (χ0) is 19.3. The van der Waals surface area contributed by atoms with E-state index in [1.807, 2.05) is 26.0 Å². The third-order valence-corrected chi connectivity index (χ3v) is 4.26. The summed E-state index contributed by atoms with van der Waals surface area (Å²) >= 11 is 5.70. The maximum atomic E-state index is 13.2. The van der Waals surface area contributed by atoms with Crippen molar-refractivity contribution in [2.45, 2.75) is 26.2 Å². The van der Waals surface area contributed by atoms with E-state index < -0.39 is 30.1 Å². The maximum Gasteiger partial charge on any atom is 0.340 e. The first-order chi connectivity index (χ1) is 12.3. The molecule has 0 aromatic heterocycles. The monoisotopic (exact) mass is 381 g/mol. The smallest absolute Gasteiger partial charge is 0.340 e. The van der Waals surface area contributed by atoms with Crippen molar-refractivity contribution in [1.29, 1.82) is 0 Å². The lowest BCUT2D eigenvalue weighted by Gasteiger charge is -2.15. The molecule has 0 fully saturated rings. The lowest BCUT2D eigenvalue weighted by molar-refractivity contribution is -0.119. The Morgan fingerprint density at radius 2 is 1.85 bits per heavy atom. The van der Waals surface area contributed by atoms with Crippen LogP contribution >= 0.6 is 11.6 Å². The zero-order valence-electron chi connectivity index (χ0n) is 14.3. The number of halogens is 3. The highest BCUT2D eigenvalue weighted by Crippen LogP contribution is 2.26. The minimum absolute atomic E-state index is 0.245. The van der Waals surface area contributed by atoms with E-state index >= 15 is 0 Å². The number of hydrogen-bond donors (Lipinski definition) is 1. The van der Waals surface area contributed by atoms with Crippen LogP contribution in [0.25, 0.3) is 0 Å². The molecule has 1 atom stereocenters. The topological polar surface area (TPSA) is 55.4 Å². The van der Waals surface area contributed by atoms with E-state index in [1.54, 1.807) is 12.1 Å². The van der Waals surface area contributed by atoms with Crippen LogP contribution in [0.5, 0.6) is 0 Å². The highest BCUT2D eigenvalue weighted by molar-refractivity contribution is 6.33. The Balaban J connectivity index is 2.02. The minimum Gasteiger partial charge on any atom is -0.452 e. The van der Waals surface area contributed by atoms with Crippen LogP contribution in [-0.4, -0.2) is 18.5 Å². The Bertz CT molecular complexity index is 826. The normalized spacial score (nSPS) is 11.7. The van der Waals surface area contributed by atoms with Crippen LogP contribution < -0.4 is 5.32 Å². The molecule has 0 aliphatic rings. The number of carbonyl (C=O) groups excluding carboxylic acids is 2. The van der Waals surface area contributed by atoms with Gasteiger partial charge in [0.2, 0.25) is 0 Å². The average Bonchev–Trinajstić information content (AvgIpc) is 2.62. The molecule has 0 radical (unpaired) electrons. The van der Waals surface area contributed by atoms with Gasteiger partial charge in [-0.3, -0.25) is 4.79 Å². The molecule has 4 nitrogen and oxygen atoms in total. The Morgan fingerprint density at radius 3 is 2.54 bits per heavy atom. The van der Waals surface area contributed by atoms with Crippen molar-refractivity contribution in [3.63, 3.8) is 0 Å². The second-order valence-electron chi connectivity index (χ2n) is 5.77. The summed E-state index contributed by atoms with van der Waals surface area (Å²) in [4.78, 5) is 24.0. The number of ether oxygens (including phenoxy) is 1. The van der Waals surface area contributed by atoms with Crippen molar-refractivity contribution in [2.24, 2.45) is 0 Å². The molecule has 2 aromatic rings. The molecule has 26 heavy (non-hydrogen) atoms. The van der Waals surface area contributed by atoms with Crippen LogP contribution in [0, 0.1) is 11.6 Å². The fourth-order valence-electron chi connectivity index (χ4n) is 2.33. The van der Waals surface area contributed by atoms with Crippen molar-refractivity contribution in [1.82, 2.24) is 0 Å². The molecule has 1 amide bonds. The lowest BCUT2D eigenvalue weighted by Crippen LogP contribution is -2.22. The van der Waals surface area contributed by atoms with Gasteiger partial charge in [-0.05, 0) is 36.1 Å². The second-order valence-corrected chi connectivity index (χ2v) is 6.17. The van der Waals surface area contributed by atoms with Crippen LogP contribution in [0.4, 0.5) is 14.5 Å². The van der Waals surface area contributed by atoms with Gasteiger partial charge < -0.3 is 10.1 Å². The standard InChI is InChI=1S/C19H18ClF2NO3/c1-3-11(2)12-6-4-5-7-17(12)23-18(24)10-26-19(25)13-8-15(21)16(22)9-14(13)20/h4-9,11H,3,10H2,1-2H3,(H,23,24)/t11-/m1/s1. The SMILES string of the molecule is CC[C@@H](C)c1ccccc1NC(=O)COC(=O)c1cc(F)c(F)cc1Cl. The van der Waals surface area contributed by atoms with E-state index in [-0.39, 0.29) is 16.5 Å². The third-order valence-electron chi connectivity index (χ3n) is 3.94. The van der Waals surface area contributed by atoms with E-state index in [2.05, 4.69) is 5.32 Å². The van der Waals surface area contributed by atoms with Gasteiger partial charge in [-0.2, -0.15) is 0 Å². The van der Waals surface area contributed by atoms with Crippen LogP contribution in [0.15, 0.2) is 36.4 Å². The van der Waals surface area contributed by atoms with Crippen LogP contribution in [0.1, 0.15) is 42.1 Å². The summed E-state index contributed by atoms with van der Waals surface area (Å²) in [7, 11) is 0. The molecule has 0 aliphatic carbocycles. The van der Waals surface area contributed by atoms with Gasteiger partial charge in [0, 0.05) is 5.69 Å². The molecule has 0 aliphatic heterocycles. The predicted molar refractivity (Wildman–Crippen MR) is 95.4 cm³/mol. The molecule has 0 bridgehead atoms. The van der Waals surface area contributed by atoms with Gasteiger partial charge in [-0.25, -0.2) is 13.6 Å². The van der Waals surface area contributed by atoms with Crippen LogP contribution in [-0.2, 0) is 9.53 Å². The van der Waals surface area contributed by atoms with Gasteiger partial charge in [0.1, 0.15) is 0 Å². The average molecular weight is 382 g/mol. The van der Waals surface area contributed by atoms with E-state index in [9.17, 15) is 18.4 Å². The summed E-state index contributed by atoms with van der Waals surface area (Å²) in [6.45, 7) is 3.50. The highest BCUT2D eigenvalue weighted by Gasteiger charge is 2.18. The molecular weight excluding hydrogens is 364 g/mol. The van der Waals surface area contributed by atoms with Gasteiger partial charge in [-0.1, -0.05) is 43.6 Å². The number of nitrogens with one attached hydrogen (secondary N) is 1. The molecule has 0 spiro atoms. The highest BCUT2D eigenvalue weighted by atomic mass is 35.5. The van der Waals surface area contributed by atoms with Crippen LogP contribution in [0.2, 0.25) is 5.02 Å². The maximum absolute atomic E-state index is 13.2. The Morgan fingerprint density at radius 1 is 1.19 bits per heavy atom. The number of benzene rings is 2. The van der Waals surface area contributed by atoms with E-state index in [1.165, 1.54) is 0 Å². The molecule has 138 valence electrons. The number of esters is 1. The summed E-state index contributed by atoms with van der Waals surface area (Å²) in [6.07, 6.45) is 0.899. The van der Waals surface area contributed by atoms with Gasteiger partial charge >= 0.3 is 5.97 Å². The number of para-hydroxylation sites is 1. The molecule has 1 N–H and O–H groups in total. The Hall–Kier alpha value is -2.47. The Kier molecular flexibility index (Phi) is 6.69. The summed E-state index contributed by atoms with van der Waals surface area (Å²) < 4.78 is 31.1. The second kappa shape index (κ2) is 8.76. The van der Waals surface area contributed by atoms with E-state index in [0.717, 1.165) is 12.0 Å². The molecule has 0 saturated heterocycles. The van der Waals surface area contributed by atoms with E-state index in [0.29, 0.717) is 17.8 Å². The molecular formula is C19H18ClF2NO3. The fourth-order valence-corrected chi connectivity index (χ4v) is 2.56. The predicted octanol–water partition coefficient (Wildman–Crippen LogP) is 4.93. The first-order valence-corrected chi connectivity index (χ1v) is 8.41. The van der Waals surface area contributed by atoms with E-state index in [4.69, 9.17) is 16.3 Å². The fraction of sp³-hybridized carbons (Fsp3) is 0.263. The third kappa shape index (κ3) is 4.79. The number of amides is 1. The molecule has 7 heteroatoms. The van der Waals surface area contributed by atoms with Crippen molar-refractivity contribution >= 4 is 29.2 Å². The summed E-state index contributed by atoms with van der Waals surface area (Å²) in [5, 5.41) is 2.39. The van der Waals surface area contributed by atoms with Crippen molar-refractivity contribution in [3.05, 3.63) is 64.2 Å². The number of carbonyl (C=O) groups is 2. The molecule has 2 rings (SSSR count). The van der Waals surface area contributed by atoms with Crippen molar-refractivity contribution < 1.29 is 23.1 Å². The molecule has 0 unspecified atom stereocenters. The first-order valence-electron chi connectivity index (χ1n) is 8.03. The van der Waals surface area contributed by atoms with Crippen molar-refractivity contribution in [3.8, 4) is 0 Å². The first kappa shape index (κ1) is 19.8. The summed E-state index contributed by atoms with van der Waals surface area (Å²) in [5.74, 6) is -3.72. The lowest BCUT2D eigenvalue weighted by atomic mass is 9.97. The van der Waals surface area contributed by atoms with Gasteiger partial charge in [0.15, 0.2) is 18.2 Å². The van der Waals surface area contributed by atoms with Crippen LogP contribution in [0.3, 0.4) is 0 Å².